The van der Waals surface area contributed by atoms with Crippen LogP contribution in [0, 0.1) is 0 Å². The highest BCUT2D eigenvalue weighted by Gasteiger charge is 2.55. The second-order valence-electron chi connectivity index (χ2n) is 16.3. The number of imide groups is 1. The van der Waals surface area contributed by atoms with Gasteiger partial charge in [0.15, 0.2) is 47.7 Å². The smallest absolute Gasteiger partial charge is 0.432 e. The lowest BCUT2D eigenvalue weighted by Crippen LogP contribution is -2.40. The molecule has 10 atom stereocenters. The molecule has 0 aromatic carbocycles. The van der Waals surface area contributed by atoms with Crippen molar-refractivity contribution in [3.63, 3.8) is 0 Å². The van der Waals surface area contributed by atoms with Crippen molar-refractivity contribution < 1.29 is 88.7 Å². The van der Waals surface area contributed by atoms with E-state index in [-0.39, 0.29) is 117 Å². The molecular formula is C39H51FN12O18P2S2. The largest absolute Gasteiger partial charge is 0.508 e. The Morgan fingerprint density at radius 2 is 1.23 bits per heavy atom. The maximum atomic E-state index is 16.4. The number of halogens is 1. The van der Waals surface area contributed by atoms with Crippen molar-refractivity contribution >= 4 is 95.9 Å². The summed E-state index contributed by atoms with van der Waals surface area (Å²) < 4.78 is 115. The summed E-state index contributed by atoms with van der Waals surface area (Å²) in [5.41, 5.74) is 12.4. The second kappa shape index (κ2) is 24.8. The van der Waals surface area contributed by atoms with Crippen LogP contribution in [-0.4, -0.2) is 202 Å². The zero-order chi connectivity index (χ0) is 52.6. The molecule has 3 amide bonds. The van der Waals surface area contributed by atoms with Crippen molar-refractivity contribution in [3.05, 3.63) is 37.5 Å². The Hall–Kier alpha value is -4.99. The lowest BCUT2D eigenvalue weighted by atomic mass is 10.1. The van der Waals surface area contributed by atoms with Gasteiger partial charge in [-0.2, -0.15) is 0 Å². The van der Waals surface area contributed by atoms with Gasteiger partial charge in [-0.25, -0.2) is 48.2 Å². The van der Waals surface area contributed by atoms with Gasteiger partial charge in [-0.1, -0.05) is 24.5 Å². The minimum atomic E-state index is -4.58. The fraction of sp³-hybridized carbons (Fsp3) is 0.590. The van der Waals surface area contributed by atoms with E-state index in [1.54, 1.807) is 0 Å². The number of carbonyl (C=O) groups excluding carboxylic acids is 4. The monoisotopic (exact) mass is 1120 g/mol. The Morgan fingerprint density at radius 3 is 1.81 bits per heavy atom. The summed E-state index contributed by atoms with van der Waals surface area (Å²) in [4.78, 5) is 76.3. The molecule has 0 unspecified atom stereocenters. The van der Waals surface area contributed by atoms with Crippen LogP contribution in [0.1, 0.15) is 18.9 Å². The van der Waals surface area contributed by atoms with Crippen LogP contribution in [0.15, 0.2) is 37.5 Å². The number of nitrogens with two attached hydrogens (primary N) is 2. The molecular weight excluding hydrogens is 1070 g/mol. The van der Waals surface area contributed by atoms with E-state index in [2.05, 4.69) is 54.4 Å². The molecule has 4 aromatic rings. The van der Waals surface area contributed by atoms with Gasteiger partial charge in [0.25, 0.3) is 11.8 Å². The molecule has 74 heavy (non-hydrogen) atoms. The molecule has 4 N–H and O–H groups in total. The number of imidazole rings is 2. The first kappa shape index (κ1) is 55.2. The van der Waals surface area contributed by atoms with Crippen LogP contribution in [0.5, 0.6) is 0 Å². The second-order valence-corrected chi connectivity index (χ2v) is 22.0. The van der Waals surface area contributed by atoms with Gasteiger partial charge in [0.1, 0.15) is 54.7 Å². The lowest BCUT2D eigenvalue weighted by Gasteiger charge is -2.29. The van der Waals surface area contributed by atoms with E-state index >= 15 is 4.39 Å². The van der Waals surface area contributed by atoms with Crippen LogP contribution >= 0.6 is 38.1 Å². The quantitative estimate of drug-likeness (QED) is 0.0299. The number of hydrogen-bond donors (Lipinski definition) is 4. The van der Waals surface area contributed by atoms with Gasteiger partial charge in [0.2, 0.25) is 5.91 Å². The summed E-state index contributed by atoms with van der Waals surface area (Å²) in [5, 5.41) is 0. The first-order valence-corrected chi connectivity index (χ1v) is 27.9. The van der Waals surface area contributed by atoms with Crippen molar-refractivity contribution in [2.24, 2.45) is 0 Å². The summed E-state index contributed by atoms with van der Waals surface area (Å²) in [7, 11) is 1.49. The highest BCUT2D eigenvalue weighted by atomic mass is 32.7. The molecule has 4 aliphatic rings. The van der Waals surface area contributed by atoms with Gasteiger partial charge in [0, 0.05) is 19.2 Å². The third-order valence-electron chi connectivity index (χ3n) is 11.4. The van der Waals surface area contributed by atoms with E-state index in [0.29, 0.717) is 13.2 Å². The Morgan fingerprint density at radius 1 is 0.730 bits per heavy atom. The van der Waals surface area contributed by atoms with Crippen LogP contribution in [-0.2, 0) is 79.5 Å². The number of aromatic nitrogens is 8. The minimum Gasteiger partial charge on any atom is -0.432 e. The number of carbonyl (C=O) groups is 4. The van der Waals surface area contributed by atoms with E-state index in [1.807, 2.05) is 0 Å². The van der Waals surface area contributed by atoms with Gasteiger partial charge < -0.3 is 54.3 Å². The summed E-state index contributed by atoms with van der Waals surface area (Å²) in [6.07, 6.45) is -6.95. The number of hydrogen-bond acceptors (Lipinski definition) is 26. The van der Waals surface area contributed by atoms with Crippen molar-refractivity contribution in [2.75, 3.05) is 104 Å². The van der Waals surface area contributed by atoms with Crippen LogP contribution in [0.4, 0.5) is 20.8 Å². The third-order valence-corrected chi connectivity index (χ3v) is 14.7. The SMILES string of the molecule is CN(CCOC(=O)O[C@@H]1[C@@H]2O[P@](=O)(S)OC[C@H]3O[C@@H](n4cnc5c(N)ncnc54)[C@H](F)[C@@H]3O[P@](=O)(S)OC[C@H]2O[C@H]1n1cnc2c(N)ncnc21)C(=O)CCOCCOCCOCCOCCN1C(=O)C=CC1=O. The van der Waals surface area contributed by atoms with Crippen LogP contribution < -0.4 is 11.5 Å². The number of nitrogen functional groups attached to an aromatic ring is 2. The van der Waals surface area contributed by atoms with Crippen molar-refractivity contribution in [1.82, 2.24) is 48.8 Å². The topological polar surface area (TPSA) is 359 Å². The third kappa shape index (κ3) is 13.5. The average molecular weight is 1120 g/mol. The number of thiol groups is 2. The molecule has 0 spiro atoms. The molecule has 4 aliphatic heterocycles. The van der Waals surface area contributed by atoms with Gasteiger partial charge in [-0.05, 0) is 0 Å². The highest BCUT2D eigenvalue weighted by molar-refractivity contribution is 8.44. The van der Waals surface area contributed by atoms with E-state index in [0.717, 1.165) is 17.6 Å². The standard InChI is InChI=1S/C39H51FN12O18P2S2/c1-49(24(53)4-7-59-10-12-61-14-15-62-13-11-60-8-6-50-25(54)2-3-26(50)55)5-9-63-39(56)68-32-31-23(67-38(32)52-21-48-29-34(42)44-19-46-36(29)52)17-65-71(57,73)69-30-22(16-64-72(58,74)70-31)66-37(27(30)40)51-20-47-28-33(41)43-18-45-35(28)51/h2-3,18-23,27,30-32,37-38H,4-17H2,1H3,(H,57,73)(H,58,74)(H2,41,43,45)(H2,42,44,46)/t22-,23-,27-,30-,31-,32-,37-,38-,71-,72-/m1/s1. The first-order valence-electron chi connectivity index (χ1n) is 22.5. The first-order chi connectivity index (χ1) is 35.5. The predicted octanol–water partition coefficient (Wildman–Crippen LogP) is 1.22. The van der Waals surface area contributed by atoms with Gasteiger partial charge >= 0.3 is 19.8 Å². The zero-order valence-corrected chi connectivity index (χ0v) is 42.7. The molecule has 404 valence electrons. The Labute approximate surface area is 429 Å². The van der Waals surface area contributed by atoms with Gasteiger partial charge in [-0.15, -0.1) is 0 Å². The van der Waals surface area contributed by atoms with Crippen molar-refractivity contribution in [2.45, 2.75) is 55.6 Å². The molecule has 8 heterocycles. The van der Waals surface area contributed by atoms with E-state index < -0.39 is 82.1 Å². The van der Waals surface area contributed by atoms with E-state index in [4.69, 9.17) is 67.5 Å². The molecule has 0 bridgehead atoms. The molecule has 0 aliphatic carbocycles. The highest BCUT2D eigenvalue weighted by Crippen LogP contribution is 2.60. The zero-order valence-electron chi connectivity index (χ0n) is 39.1. The maximum absolute atomic E-state index is 16.4. The lowest BCUT2D eigenvalue weighted by molar-refractivity contribution is -0.137. The van der Waals surface area contributed by atoms with Crippen molar-refractivity contribution in [3.8, 4) is 0 Å². The Kier molecular flexibility index (Phi) is 18.5. The fourth-order valence-electron chi connectivity index (χ4n) is 7.77. The number of ether oxygens (including phenoxy) is 8. The van der Waals surface area contributed by atoms with Gasteiger partial charge in [0.05, 0.1) is 98.2 Å². The van der Waals surface area contributed by atoms with Crippen molar-refractivity contribution in [1.29, 1.82) is 0 Å². The summed E-state index contributed by atoms with van der Waals surface area (Å²) >= 11 is 8.29. The number of amides is 3. The fourth-order valence-corrected chi connectivity index (χ4v) is 10.7. The number of alkyl halides is 1. The normalized spacial score (nSPS) is 28.3. The molecule has 30 nitrogen and oxygen atoms in total. The average Bonchev–Trinajstić information content (AvgIpc) is 4.19. The molecule has 4 aromatic heterocycles. The summed E-state index contributed by atoms with van der Waals surface area (Å²) in [6, 6.07) is 0. The maximum Gasteiger partial charge on any atom is 0.508 e. The molecule has 3 fully saturated rings. The Bertz CT molecular complexity index is 2770. The number of anilines is 2. The van der Waals surface area contributed by atoms with E-state index in [9.17, 15) is 28.3 Å². The number of likely N-dealkylation sites (N-methyl/N-ethyl adjacent to an activating group) is 1. The summed E-state index contributed by atoms with van der Waals surface area (Å²) in [5.74, 6) is -1.04. The van der Waals surface area contributed by atoms with Crippen LogP contribution in [0.2, 0.25) is 0 Å². The minimum absolute atomic E-state index is 0.00210. The molecule has 0 saturated carbocycles. The number of rotatable bonds is 21. The summed E-state index contributed by atoms with van der Waals surface area (Å²) in [6.45, 7) is -8.95. The van der Waals surface area contributed by atoms with Gasteiger partial charge in [-0.3, -0.25) is 46.5 Å². The molecule has 8 rings (SSSR count). The van der Waals surface area contributed by atoms with Crippen LogP contribution in [0.25, 0.3) is 22.3 Å². The molecule has 0 radical (unpaired) electrons. The molecule has 3 saturated heterocycles. The number of nitrogens with zero attached hydrogens (tertiary/aromatic N) is 10. The predicted molar refractivity (Wildman–Crippen MR) is 255 cm³/mol. The Balaban J connectivity index is 0.821. The number of fused-ring (bicyclic) bond motifs is 4. The molecule has 35 heteroatoms. The van der Waals surface area contributed by atoms with E-state index in [1.165, 1.54) is 45.9 Å². The van der Waals surface area contributed by atoms with Crippen LogP contribution in [0.3, 0.4) is 0 Å².